The lowest BCUT2D eigenvalue weighted by Gasteiger charge is -2.18. The normalized spacial score (nSPS) is 22.3. The predicted octanol–water partition coefficient (Wildman–Crippen LogP) is 2.76. The average molecular weight is 297 g/mol. The fourth-order valence-electron chi connectivity index (χ4n) is 2.01. The minimum atomic E-state index is 0.00269. The second-order valence-electron chi connectivity index (χ2n) is 4.89. The highest BCUT2D eigenvalue weighted by molar-refractivity contribution is 9.10. The van der Waals surface area contributed by atoms with Crippen LogP contribution >= 0.6 is 15.9 Å². The van der Waals surface area contributed by atoms with Gasteiger partial charge in [0.15, 0.2) is 0 Å². The van der Waals surface area contributed by atoms with Crippen LogP contribution in [0.5, 0.6) is 0 Å². The summed E-state index contributed by atoms with van der Waals surface area (Å²) in [6.45, 7) is 3.04. The number of hydrogen-bond acceptors (Lipinski definition) is 2. The Bertz CT molecular complexity index is 447. The molecule has 2 N–H and O–H groups in total. The molecule has 0 aliphatic heterocycles. The summed E-state index contributed by atoms with van der Waals surface area (Å²) in [6.07, 6.45) is 1.23. The Kier molecular flexibility index (Phi) is 3.43. The van der Waals surface area contributed by atoms with E-state index in [1.807, 2.05) is 13.1 Å². The number of carbonyl (C=O) groups is 1. The molecule has 1 fully saturated rings. The first-order valence-corrected chi connectivity index (χ1v) is 6.59. The molecule has 1 aliphatic carbocycles. The summed E-state index contributed by atoms with van der Waals surface area (Å²) >= 11 is 3.36. The quantitative estimate of drug-likeness (QED) is 0.872. The van der Waals surface area contributed by atoms with Crippen molar-refractivity contribution in [2.45, 2.75) is 13.3 Å². The molecular formula is C13H17BrN2O. The van der Waals surface area contributed by atoms with Gasteiger partial charge in [0.05, 0.1) is 5.56 Å². The van der Waals surface area contributed by atoms with E-state index in [9.17, 15) is 4.79 Å². The van der Waals surface area contributed by atoms with Gasteiger partial charge < -0.3 is 10.6 Å². The number of nitrogens with zero attached hydrogens (tertiary/aromatic N) is 1. The fraction of sp³-hybridized carbons (Fsp3) is 0.462. The standard InChI is InChI=1S/C13H17BrN2O/c1-8-5-9(8)7-16(2)13(17)11-6-10(14)3-4-12(11)15/h3-4,6,8-9H,5,7,15H2,1-2H3. The molecule has 1 aromatic rings. The maximum atomic E-state index is 12.2. The molecule has 4 heteroatoms. The molecule has 2 rings (SSSR count). The summed E-state index contributed by atoms with van der Waals surface area (Å²) in [5.41, 5.74) is 6.95. The molecule has 1 amide bonds. The zero-order chi connectivity index (χ0) is 12.6. The number of benzene rings is 1. The molecule has 3 nitrogen and oxygen atoms in total. The van der Waals surface area contributed by atoms with Crippen molar-refractivity contribution in [3.05, 3.63) is 28.2 Å². The number of anilines is 1. The van der Waals surface area contributed by atoms with E-state index in [0.717, 1.165) is 16.9 Å². The molecule has 0 aromatic heterocycles. The molecule has 0 radical (unpaired) electrons. The van der Waals surface area contributed by atoms with E-state index in [1.165, 1.54) is 6.42 Å². The van der Waals surface area contributed by atoms with Crippen LogP contribution in [0.4, 0.5) is 5.69 Å². The molecule has 2 unspecified atom stereocenters. The summed E-state index contributed by atoms with van der Waals surface area (Å²) in [5, 5.41) is 0. The van der Waals surface area contributed by atoms with E-state index in [4.69, 9.17) is 5.73 Å². The molecule has 92 valence electrons. The minimum Gasteiger partial charge on any atom is -0.398 e. The van der Waals surface area contributed by atoms with Crippen LogP contribution in [0, 0.1) is 11.8 Å². The van der Waals surface area contributed by atoms with Crippen LogP contribution in [0.1, 0.15) is 23.7 Å². The molecule has 17 heavy (non-hydrogen) atoms. The first-order valence-electron chi connectivity index (χ1n) is 5.79. The third-order valence-corrected chi connectivity index (χ3v) is 3.87. The lowest BCUT2D eigenvalue weighted by atomic mass is 10.1. The SMILES string of the molecule is CC1CC1CN(C)C(=O)c1cc(Br)ccc1N. The maximum absolute atomic E-state index is 12.2. The van der Waals surface area contributed by atoms with Crippen LogP contribution in [-0.4, -0.2) is 24.4 Å². The highest BCUT2D eigenvalue weighted by Gasteiger charge is 2.34. The smallest absolute Gasteiger partial charge is 0.255 e. The van der Waals surface area contributed by atoms with E-state index >= 15 is 0 Å². The Labute approximate surface area is 110 Å². The topological polar surface area (TPSA) is 46.3 Å². The van der Waals surface area contributed by atoms with Crippen molar-refractivity contribution in [2.75, 3.05) is 19.3 Å². The van der Waals surface area contributed by atoms with Gasteiger partial charge in [-0.25, -0.2) is 0 Å². The van der Waals surface area contributed by atoms with Crippen LogP contribution in [0.3, 0.4) is 0 Å². The van der Waals surface area contributed by atoms with Crippen molar-refractivity contribution in [1.29, 1.82) is 0 Å². The van der Waals surface area contributed by atoms with E-state index in [0.29, 0.717) is 17.2 Å². The lowest BCUT2D eigenvalue weighted by molar-refractivity contribution is 0.0788. The third kappa shape index (κ3) is 2.80. The second kappa shape index (κ2) is 4.69. The van der Waals surface area contributed by atoms with Gasteiger partial charge in [-0.05, 0) is 36.5 Å². The fourth-order valence-corrected chi connectivity index (χ4v) is 2.37. The lowest BCUT2D eigenvalue weighted by Crippen LogP contribution is -2.29. The number of carbonyl (C=O) groups excluding carboxylic acids is 1. The van der Waals surface area contributed by atoms with E-state index < -0.39 is 0 Å². The number of amides is 1. The van der Waals surface area contributed by atoms with Gasteiger partial charge in [-0.3, -0.25) is 4.79 Å². The van der Waals surface area contributed by atoms with Crippen molar-refractivity contribution < 1.29 is 4.79 Å². The molecule has 1 aliphatic rings. The van der Waals surface area contributed by atoms with Crippen LogP contribution in [0.25, 0.3) is 0 Å². The summed E-state index contributed by atoms with van der Waals surface area (Å²) < 4.78 is 0.878. The first-order chi connectivity index (χ1) is 7.99. The van der Waals surface area contributed by atoms with Gasteiger partial charge in [-0.15, -0.1) is 0 Å². The third-order valence-electron chi connectivity index (χ3n) is 3.38. The molecule has 1 aromatic carbocycles. The first kappa shape index (κ1) is 12.4. The van der Waals surface area contributed by atoms with Gasteiger partial charge in [0.2, 0.25) is 0 Å². The summed E-state index contributed by atoms with van der Waals surface area (Å²) in [5.74, 6) is 1.42. The molecule has 0 spiro atoms. The molecule has 0 bridgehead atoms. The van der Waals surface area contributed by atoms with E-state index in [2.05, 4.69) is 22.9 Å². The number of rotatable bonds is 3. The van der Waals surface area contributed by atoms with Gasteiger partial charge in [0.25, 0.3) is 5.91 Å². The highest BCUT2D eigenvalue weighted by atomic mass is 79.9. The number of hydrogen-bond donors (Lipinski definition) is 1. The number of nitrogen functional groups attached to an aromatic ring is 1. The van der Waals surface area contributed by atoms with Crippen molar-refractivity contribution >= 4 is 27.5 Å². The van der Waals surface area contributed by atoms with Gasteiger partial charge in [0, 0.05) is 23.8 Å². The molecule has 0 saturated heterocycles. The van der Waals surface area contributed by atoms with Crippen molar-refractivity contribution in [3.8, 4) is 0 Å². The molecular weight excluding hydrogens is 280 g/mol. The van der Waals surface area contributed by atoms with Crippen LogP contribution < -0.4 is 5.73 Å². The molecule has 1 saturated carbocycles. The molecule has 2 atom stereocenters. The van der Waals surface area contributed by atoms with Crippen molar-refractivity contribution in [2.24, 2.45) is 11.8 Å². The Balaban J connectivity index is 2.10. The van der Waals surface area contributed by atoms with E-state index in [-0.39, 0.29) is 5.91 Å². The van der Waals surface area contributed by atoms with Crippen LogP contribution in [-0.2, 0) is 0 Å². The van der Waals surface area contributed by atoms with E-state index in [1.54, 1.807) is 17.0 Å². The average Bonchev–Trinajstić information content (AvgIpc) is 2.96. The minimum absolute atomic E-state index is 0.00269. The Morgan fingerprint density at radius 3 is 2.82 bits per heavy atom. The van der Waals surface area contributed by atoms with Gasteiger partial charge in [0.1, 0.15) is 0 Å². The van der Waals surface area contributed by atoms with Crippen molar-refractivity contribution in [1.82, 2.24) is 4.90 Å². The molecule has 0 heterocycles. The maximum Gasteiger partial charge on any atom is 0.255 e. The largest absolute Gasteiger partial charge is 0.398 e. The highest BCUT2D eigenvalue weighted by Crippen LogP contribution is 2.38. The van der Waals surface area contributed by atoms with Gasteiger partial charge in [-0.2, -0.15) is 0 Å². The Morgan fingerprint density at radius 2 is 2.24 bits per heavy atom. The predicted molar refractivity (Wildman–Crippen MR) is 72.8 cm³/mol. The Morgan fingerprint density at radius 1 is 1.59 bits per heavy atom. The number of nitrogens with two attached hydrogens (primary N) is 1. The summed E-state index contributed by atoms with van der Waals surface area (Å²) in [4.78, 5) is 14.0. The summed E-state index contributed by atoms with van der Waals surface area (Å²) in [7, 11) is 1.84. The zero-order valence-electron chi connectivity index (χ0n) is 10.1. The second-order valence-corrected chi connectivity index (χ2v) is 5.81. The van der Waals surface area contributed by atoms with Gasteiger partial charge in [-0.1, -0.05) is 22.9 Å². The van der Waals surface area contributed by atoms with Gasteiger partial charge >= 0.3 is 0 Å². The monoisotopic (exact) mass is 296 g/mol. The number of halogens is 1. The Hall–Kier alpha value is -1.03. The van der Waals surface area contributed by atoms with Crippen LogP contribution in [0.2, 0.25) is 0 Å². The van der Waals surface area contributed by atoms with Crippen LogP contribution in [0.15, 0.2) is 22.7 Å². The van der Waals surface area contributed by atoms with Crippen molar-refractivity contribution in [3.63, 3.8) is 0 Å². The summed E-state index contributed by atoms with van der Waals surface area (Å²) in [6, 6.07) is 5.38. The zero-order valence-corrected chi connectivity index (χ0v) is 11.7.